The predicted octanol–water partition coefficient (Wildman–Crippen LogP) is 0.323. The lowest BCUT2D eigenvalue weighted by atomic mass is 10.3. The minimum Gasteiger partial charge on any atom is -0.374 e. The normalized spacial score (nSPS) is 21.9. The number of hydrogen-bond donors (Lipinski definition) is 1. The van der Waals surface area contributed by atoms with E-state index in [1.165, 1.54) is 0 Å². The highest BCUT2D eigenvalue weighted by atomic mass is 16.5. The number of morpholine rings is 1. The molecule has 5 heteroatoms. The van der Waals surface area contributed by atoms with Crippen molar-refractivity contribution >= 4 is 0 Å². The maximum atomic E-state index is 5.69. The molecule has 1 aliphatic heterocycles. The molecule has 0 radical (unpaired) electrons. The van der Waals surface area contributed by atoms with Gasteiger partial charge in [-0.2, -0.15) is 0 Å². The number of nitrogens with zero attached hydrogens (tertiary/aromatic N) is 3. The first-order chi connectivity index (χ1) is 8.29. The second kappa shape index (κ2) is 6.14. The molecule has 1 N–H and O–H groups in total. The van der Waals surface area contributed by atoms with Gasteiger partial charge < -0.3 is 19.5 Å². The van der Waals surface area contributed by atoms with Gasteiger partial charge in [0.15, 0.2) is 0 Å². The molecule has 0 saturated carbocycles. The van der Waals surface area contributed by atoms with Crippen LogP contribution in [0.15, 0.2) is 12.4 Å². The van der Waals surface area contributed by atoms with E-state index >= 15 is 0 Å². The number of ether oxygens (including phenoxy) is 1. The van der Waals surface area contributed by atoms with E-state index in [4.69, 9.17) is 4.74 Å². The Labute approximate surface area is 103 Å². The predicted molar refractivity (Wildman–Crippen MR) is 66.8 cm³/mol. The van der Waals surface area contributed by atoms with Crippen LogP contribution in [0.1, 0.15) is 12.7 Å². The van der Waals surface area contributed by atoms with Crippen LogP contribution in [0.25, 0.3) is 0 Å². The Balaban J connectivity index is 1.72. The van der Waals surface area contributed by atoms with Crippen LogP contribution in [-0.4, -0.2) is 53.8 Å². The Bertz CT molecular complexity index is 339. The molecule has 0 spiro atoms. The molecule has 1 unspecified atom stereocenters. The fourth-order valence-electron chi connectivity index (χ4n) is 2.13. The molecule has 0 amide bonds. The van der Waals surface area contributed by atoms with E-state index in [2.05, 4.69) is 33.7 Å². The van der Waals surface area contributed by atoms with Gasteiger partial charge in [-0.25, -0.2) is 4.98 Å². The zero-order chi connectivity index (χ0) is 12.1. The molecule has 17 heavy (non-hydrogen) atoms. The van der Waals surface area contributed by atoms with Crippen LogP contribution in [0, 0.1) is 0 Å². The van der Waals surface area contributed by atoms with Crippen molar-refractivity contribution in [3.05, 3.63) is 18.2 Å². The van der Waals surface area contributed by atoms with Gasteiger partial charge in [-0.3, -0.25) is 0 Å². The monoisotopic (exact) mass is 238 g/mol. The highest BCUT2D eigenvalue weighted by Gasteiger charge is 2.17. The number of hydrogen-bond acceptors (Lipinski definition) is 4. The van der Waals surface area contributed by atoms with Crippen molar-refractivity contribution in [3.8, 4) is 0 Å². The minimum atomic E-state index is 0.304. The number of likely N-dealkylation sites (N-methyl/N-ethyl adjacent to an activating group) is 1. The van der Waals surface area contributed by atoms with Gasteiger partial charge >= 0.3 is 0 Å². The van der Waals surface area contributed by atoms with Crippen LogP contribution in [0.4, 0.5) is 0 Å². The highest BCUT2D eigenvalue weighted by molar-refractivity contribution is 4.91. The van der Waals surface area contributed by atoms with E-state index in [1.54, 1.807) is 0 Å². The minimum absolute atomic E-state index is 0.304. The van der Waals surface area contributed by atoms with Gasteiger partial charge in [-0.05, 0) is 14.0 Å². The van der Waals surface area contributed by atoms with Crippen LogP contribution >= 0.6 is 0 Å². The second-order valence-corrected chi connectivity index (χ2v) is 4.52. The SMILES string of the molecule is CCn1ccnc1CNCC1CN(C)CCO1. The van der Waals surface area contributed by atoms with E-state index in [0.717, 1.165) is 45.2 Å². The van der Waals surface area contributed by atoms with E-state index in [0.29, 0.717) is 6.10 Å². The standard InChI is InChI=1S/C12H22N4O/c1-3-16-5-4-14-12(16)9-13-8-11-10-15(2)6-7-17-11/h4-5,11,13H,3,6-10H2,1-2H3. The van der Waals surface area contributed by atoms with Crippen molar-refractivity contribution in [2.24, 2.45) is 0 Å². The third-order valence-corrected chi connectivity index (χ3v) is 3.14. The lowest BCUT2D eigenvalue weighted by Gasteiger charge is -2.30. The fraction of sp³-hybridized carbons (Fsp3) is 0.750. The molecule has 0 bridgehead atoms. The molecule has 1 saturated heterocycles. The molecule has 0 aliphatic carbocycles. The summed E-state index contributed by atoms with van der Waals surface area (Å²) in [7, 11) is 2.14. The molecule has 2 heterocycles. The van der Waals surface area contributed by atoms with Crippen molar-refractivity contribution < 1.29 is 4.74 Å². The summed E-state index contributed by atoms with van der Waals surface area (Å²) in [4.78, 5) is 6.64. The number of imidazole rings is 1. The largest absolute Gasteiger partial charge is 0.374 e. The third-order valence-electron chi connectivity index (χ3n) is 3.14. The topological polar surface area (TPSA) is 42.3 Å². The van der Waals surface area contributed by atoms with E-state index < -0.39 is 0 Å². The Kier molecular flexibility index (Phi) is 4.53. The van der Waals surface area contributed by atoms with Gasteiger partial charge in [0.2, 0.25) is 0 Å². The van der Waals surface area contributed by atoms with Crippen molar-refractivity contribution in [2.75, 3.05) is 33.3 Å². The first-order valence-corrected chi connectivity index (χ1v) is 6.30. The first-order valence-electron chi connectivity index (χ1n) is 6.30. The quantitative estimate of drug-likeness (QED) is 0.802. The molecule has 1 atom stereocenters. The number of rotatable bonds is 5. The lowest BCUT2D eigenvalue weighted by Crippen LogP contribution is -2.44. The Morgan fingerprint density at radius 3 is 3.24 bits per heavy atom. The molecule has 5 nitrogen and oxygen atoms in total. The van der Waals surface area contributed by atoms with E-state index in [1.807, 2.05) is 12.4 Å². The Morgan fingerprint density at radius 2 is 2.47 bits per heavy atom. The van der Waals surface area contributed by atoms with Gasteiger partial charge in [0.25, 0.3) is 0 Å². The van der Waals surface area contributed by atoms with Crippen molar-refractivity contribution in [1.82, 2.24) is 19.8 Å². The summed E-state index contributed by atoms with van der Waals surface area (Å²) in [6.07, 6.45) is 4.17. The highest BCUT2D eigenvalue weighted by Crippen LogP contribution is 2.02. The average molecular weight is 238 g/mol. The maximum Gasteiger partial charge on any atom is 0.122 e. The lowest BCUT2D eigenvalue weighted by molar-refractivity contribution is -0.0183. The molecule has 1 fully saturated rings. The zero-order valence-electron chi connectivity index (χ0n) is 10.7. The molecule has 1 aromatic heterocycles. The van der Waals surface area contributed by atoms with Gasteiger partial charge in [-0.15, -0.1) is 0 Å². The number of nitrogens with one attached hydrogen (secondary N) is 1. The summed E-state index contributed by atoms with van der Waals surface area (Å²) in [5.74, 6) is 1.09. The number of aromatic nitrogens is 2. The average Bonchev–Trinajstić information content (AvgIpc) is 2.77. The van der Waals surface area contributed by atoms with Crippen LogP contribution in [-0.2, 0) is 17.8 Å². The smallest absolute Gasteiger partial charge is 0.122 e. The van der Waals surface area contributed by atoms with Crippen LogP contribution in [0.2, 0.25) is 0 Å². The van der Waals surface area contributed by atoms with Gasteiger partial charge in [-0.1, -0.05) is 0 Å². The van der Waals surface area contributed by atoms with Gasteiger partial charge in [0, 0.05) is 38.6 Å². The number of aryl methyl sites for hydroxylation is 1. The van der Waals surface area contributed by atoms with Crippen LogP contribution in [0.5, 0.6) is 0 Å². The first kappa shape index (κ1) is 12.5. The fourth-order valence-corrected chi connectivity index (χ4v) is 2.13. The van der Waals surface area contributed by atoms with E-state index in [-0.39, 0.29) is 0 Å². The Morgan fingerprint density at radius 1 is 1.59 bits per heavy atom. The Hall–Kier alpha value is -0.910. The second-order valence-electron chi connectivity index (χ2n) is 4.52. The maximum absolute atomic E-state index is 5.69. The molecular weight excluding hydrogens is 216 g/mol. The summed E-state index contributed by atoms with van der Waals surface area (Å²) < 4.78 is 7.85. The molecule has 1 aromatic rings. The van der Waals surface area contributed by atoms with Crippen molar-refractivity contribution in [1.29, 1.82) is 0 Å². The van der Waals surface area contributed by atoms with Gasteiger partial charge in [0.05, 0.1) is 19.3 Å². The van der Waals surface area contributed by atoms with Crippen LogP contribution in [0.3, 0.4) is 0 Å². The summed E-state index contributed by atoms with van der Waals surface area (Å²) in [5, 5.41) is 3.42. The summed E-state index contributed by atoms with van der Waals surface area (Å²) in [6.45, 7) is 7.69. The zero-order valence-corrected chi connectivity index (χ0v) is 10.7. The summed E-state index contributed by atoms with van der Waals surface area (Å²) in [6, 6.07) is 0. The molecule has 0 aromatic carbocycles. The third kappa shape index (κ3) is 3.52. The molecular formula is C12H22N4O. The molecule has 96 valence electrons. The van der Waals surface area contributed by atoms with Crippen molar-refractivity contribution in [2.45, 2.75) is 26.1 Å². The van der Waals surface area contributed by atoms with Gasteiger partial charge in [0.1, 0.15) is 5.82 Å². The molecule has 2 rings (SSSR count). The van der Waals surface area contributed by atoms with E-state index in [9.17, 15) is 0 Å². The van der Waals surface area contributed by atoms with Crippen molar-refractivity contribution in [3.63, 3.8) is 0 Å². The summed E-state index contributed by atoms with van der Waals surface area (Å²) in [5.41, 5.74) is 0. The summed E-state index contributed by atoms with van der Waals surface area (Å²) >= 11 is 0. The molecule has 1 aliphatic rings. The van der Waals surface area contributed by atoms with Crippen LogP contribution < -0.4 is 5.32 Å².